The Balaban J connectivity index is 4.31. The van der Waals surface area contributed by atoms with Crippen molar-refractivity contribution in [3.05, 3.63) is 12.2 Å². The molecule has 0 N–H and O–H groups in total. The van der Waals surface area contributed by atoms with E-state index >= 15 is 0 Å². The van der Waals surface area contributed by atoms with Gasteiger partial charge in [0.25, 0.3) is 0 Å². The summed E-state index contributed by atoms with van der Waals surface area (Å²) in [6, 6.07) is 0. The molecule has 0 amide bonds. The van der Waals surface area contributed by atoms with Crippen LogP contribution in [0.4, 0.5) is 0 Å². The third-order valence-corrected chi connectivity index (χ3v) is 2.72. The zero-order chi connectivity index (χ0) is 20.3. The summed E-state index contributed by atoms with van der Waals surface area (Å²) in [5.41, 5.74) is 0. The van der Waals surface area contributed by atoms with Crippen molar-refractivity contribution < 1.29 is 38.1 Å². The first-order valence-corrected chi connectivity index (χ1v) is 8.45. The van der Waals surface area contributed by atoms with E-state index in [9.17, 15) is 19.2 Å². The number of rotatable bonds is 10. The lowest BCUT2D eigenvalue weighted by molar-refractivity contribution is -0.165. The van der Waals surface area contributed by atoms with Crippen LogP contribution in [0.2, 0.25) is 0 Å². The average molecular weight is 372 g/mol. The van der Waals surface area contributed by atoms with E-state index in [1.54, 1.807) is 0 Å². The largest absolute Gasteiger partial charge is 0.463 e. The third kappa shape index (κ3) is 11.2. The van der Waals surface area contributed by atoms with E-state index in [1.807, 2.05) is 27.7 Å². The SMILES string of the molecule is CC(C)COC(=O)C(C)OC(=O)C=CC(=O)OC(C)C(=O)OCC(C)C. The fraction of sp³-hybridized carbons (Fsp3) is 0.667. The van der Waals surface area contributed by atoms with Gasteiger partial charge in [-0.2, -0.15) is 0 Å². The van der Waals surface area contributed by atoms with E-state index in [2.05, 4.69) is 0 Å². The quantitative estimate of drug-likeness (QED) is 0.325. The Morgan fingerprint density at radius 1 is 0.654 bits per heavy atom. The van der Waals surface area contributed by atoms with Gasteiger partial charge in [-0.3, -0.25) is 0 Å². The molecule has 26 heavy (non-hydrogen) atoms. The summed E-state index contributed by atoms with van der Waals surface area (Å²) in [4.78, 5) is 46.3. The van der Waals surface area contributed by atoms with Gasteiger partial charge in [-0.05, 0) is 25.7 Å². The molecule has 8 heteroatoms. The van der Waals surface area contributed by atoms with E-state index < -0.39 is 36.1 Å². The first-order valence-electron chi connectivity index (χ1n) is 8.45. The minimum atomic E-state index is -1.10. The second kappa shape index (κ2) is 12.1. The van der Waals surface area contributed by atoms with E-state index in [4.69, 9.17) is 18.9 Å². The molecule has 0 rings (SSSR count). The summed E-state index contributed by atoms with van der Waals surface area (Å²) >= 11 is 0. The second-order valence-corrected chi connectivity index (χ2v) is 6.54. The Bertz CT molecular complexity index is 475. The van der Waals surface area contributed by atoms with Gasteiger partial charge in [0, 0.05) is 12.2 Å². The van der Waals surface area contributed by atoms with Gasteiger partial charge in [-0.1, -0.05) is 27.7 Å². The molecule has 0 heterocycles. The summed E-state index contributed by atoms with van der Waals surface area (Å²) in [6.07, 6.45) is -0.597. The van der Waals surface area contributed by atoms with Crippen LogP contribution in [0.1, 0.15) is 41.5 Å². The van der Waals surface area contributed by atoms with Crippen LogP contribution in [0, 0.1) is 11.8 Å². The highest BCUT2D eigenvalue weighted by Crippen LogP contribution is 2.02. The fourth-order valence-corrected chi connectivity index (χ4v) is 1.39. The highest BCUT2D eigenvalue weighted by Gasteiger charge is 2.20. The maximum atomic E-state index is 11.6. The lowest BCUT2D eigenvalue weighted by Gasteiger charge is -2.13. The maximum Gasteiger partial charge on any atom is 0.347 e. The van der Waals surface area contributed by atoms with E-state index in [0.29, 0.717) is 0 Å². The molecule has 0 radical (unpaired) electrons. The standard InChI is InChI=1S/C18H28O8/c1-11(2)9-23-17(21)13(5)25-15(19)7-8-16(20)26-14(6)18(22)24-10-12(3)4/h7-8,11-14H,9-10H2,1-6H3. The molecule has 0 aromatic carbocycles. The zero-order valence-electron chi connectivity index (χ0n) is 16.1. The van der Waals surface area contributed by atoms with Gasteiger partial charge in [-0.15, -0.1) is 0 Å². The highest BCUT2D eigenvalue weighted by molar-refractivity contribution is 5.93. The molecule has 148 valence electrons. The molecule has 0 aliphatic rings. The number of ether oxygens (including phenoxy) is 4. The van der Waals surface area contributed by atoms with Crippen molar-refractivity contribution in [2.75, 3.05) is 13.2 Å². The molecule has 2 atom stereocenters. The predicted molar refractivity (Wildman–Crippen MR) is 91.8 cm³/mol. The predicted octanol–water partition coefficient (Wildman–Crippen LogP) is 1.80. The Morgan fingerprint density at radius 3 is 1.23 bits per heavy atom. The van der Waals surface area contributed by atoms with Gasteiger partial charge in [-0.25, -0.2) is 19.2 Å². The van der Waals surface area contributed by atoms with Gasteiger partial charge in [0.1, 0.15) is 0 Å². The molecule has 0 saturated carbocycles. The Morgan fingerprint density at radius 2 is 0.962 bits per heavy atom. The Labute approximate surface area is 153 Å². The van der Waals surface area contributed by atoms with Crippen LogP contribution < -0.4 is 0 Å². The lowest BCUT2D eigenvalue weighted by Crippen LogP contribution is -2.27. The van der Waals surface area contributed by atoms with Gasteiger partial charge >= 0.3 is 23.9 Å². The van der Waals surface area contributed by atoms with Crippen LogP contribution in [0.25, 0.3) is 0 Å². The fourth-order valence-electron chi connectivity index (χ4n) is 1.39. The number of hydrogen-bond donors (Lipinski definition) is 0. The minimum absolute atomic E-state index is 0.158. The maximum absolute atomic E-state index is 11.6. The molecule has 0 bridgehead atoms. The first-order chi connectivity index (χ1) is 12.0. The number of esters is 4. The molecule has 2 unspecified atom stereocenters. The Kier molecular flexibility index (Phi) is 10.9. The zero-order valence-corrected chi connectivity index (χ0v) is 16.1. The van der Waals surface area contributed by atoms with Crippen LogP contribution in [0.5, 0.6) is 0 Å². The van der Waals surface area contributed by atoms with E-state index in [0.717, 1.165) is 12.2 Å². The molecule has 0 saturated heterocycles. The number of carbonyl (C=O) groups excluding carboxylic acids is 4. The molecular formula is C18H28O8. The molecule has 8 nitrogen and oxygen atoms in total. The highest BCUT2D eigenvalue weighted by atomic mass is 16.6. The monoisotopic (exact) mass is 372 g/mol. The third-order valence-electron chi connectivity index (χ3n) is 2.72. The van der Waals surface area contributed by atoms with E-state index in [1.165, 1.54) is 13.8 Å². The summed E-state index contributed by atoms with van der Waals surface area (Å²) in [7, 11) is 0. The van der Waals surface area contributed by atoms with Crippen LogP contribution in [-0.4, -0.2) is 49.3 Å². The summed E-state index contributed by atoms with van der Waals surface area (Å²) in [5, 5.41) is 0. The lowest BCUT2D eigenvalue weighted by atomic mass is 10.2. The van der Waals surface area contributed by atoms with Crippen molar-refractivity contribution >= 4 is 23.9 Å². The van der Waals surface area contributed by atoms with Gasteiger partial charge < -0.3 is 18.9 Å². The summed E-state index contributed by atoms with van der Waals surface area (Å²) < 4.78 is 19.5. The molecular weight excluding hydrogens is 344 g/mol. The van der Waals surface area contributed by atoms with E-state index in [-0.39, 0.29) is 25.0 Å². The van der Waals surface area contributed by atoms with Crippen molar-refractivity contribution in [2.45, 2.75) is 53.8 Å². The molecule has 0 aromatic heterocycles. The van der Waals surface area contributed by atoms with Gasteiger partial charge in [0.2, 0.25) is 0 Å². The normalized spacial score (nSPS) is 13.4. The first kappa shape index (κ1) is 23.6. The van der Waals surface area contributed by atoms with Crippen LogP contribution in [-0.2, 0) is 38.1 Å². The molecule has 0 spiro atoms. The van der Waals surface area contributed by atoms with Crippen LogP contribution in [0.15, 0.2) is 12.2 Å². The average Bonchev–Trinajstić information content (AvgIpc) is 2.55. The molecule has 0 aliphatic carbocycles. The van der Waals surface area contributed by atoms with Gasteiger partial charge in [0.15, 0.2) is 12.2 Å². The second-order valence-electron chi connectivity index (χ2n) is 6.54. The number of carbonyl (C=O) groups is 4. The smallest absolute Gasteiger partial charge is 0.347 e. The van der Waals surface area contributed by atoms with Crippen molar-refractivity contribution in [1.82, 2.24) is 0 Å². The van der Waals surface area contributed by atoms with Crippen molar-refractivity contribution in [3.63, 3.8) is 0 Å². The summed E-state index contributed by atoms with van der Waals surface area (Å²) in [5.74, 6) is -2.86. The number of hydrogen-bond acceptors (Lipinski definition) is 8. The molecule has 0 aliphatic heterocycles. The van der Waals surface area contributed by atoms with Gasteiger partial charge in [0.05, 0.1) is 13.2 Å². The molecule has 0 fully saturated rings. The topological polar surface area (TPSA) is 105 Å². The van der Waals surface area contributed by atoms with Crippen molar-refractivity contribution in [2.24, 2.45) is 11.8 Å². The van der Waals surface area contributed by atoms with Crippen LogP contribution >= 0.6 is 0 Å². The molecule has 0 aromatic rings. The summed E-state index contributed by atoms with van der Waals surface area (Å²) in [6.45, 7) is 10.6. The Hall–Kier alpha value is -2.38. The van der Waals surface area contributed by atoms with Crippen LogP contribution in [0.3, 0.4) is 0 Å². The van der Waals surface area contributed by atoms with Crippen molar-refractivity contribution in [1.29, 1.82) is 0 Å². The minimum Gasteiger partial charge on any atom is -0.463 e. The van der Waals surface area contributed by atoms with Crippen molar-refractivity contribution in [3.8, 4) is 0 Å².